The van der Waals surface area contributed by atoms with Gasteiger partial charge in [-0.3, -0.25) is 0 Å². The Morgan fingerprint density at radius 3 is 3.06 bits per heavy atom. The van der Waals surface area contributed by atoms with Crippen molar-refractivity contribution in [2.24, 2.45) is 0 Å². The third-order valence-electron chi connectivity index (χ3n) is 2.12. The van der Waals surface area contributed by atoms with Crippen LogP contribution in [0.25, 0.3) is 10.7 Å². The van der Waals surface area contributed by atoms with E-state index in [2.05, 4.69) is 20.5 Å². The molecule has 0 aliphatic rings. The van der Waals surface area contributed by atoms with E-state index >= 15 is 0 Å². The van der Waals surface area contributed by atoms with Crippen LogP contribution in [0, 0.1) is 0 Å². The molecule has 0 unspecified atom stereocenters. The second kappa shape index (κ2) is 6.75. The highest BCUT2D eigenvalue weighted by Crippen LogP contribution is 2.22. The number of hydrogen-bond donors (Lipinski definition) is 1. The molecule has 0 aliphatic heterocycles. The minimum Gasteiger partial charge on any atom is -0.383 e. The van der Waals surface area contributed by atoms with Crippen molar-refractivity contribution in [2.75, 3.05) is 26.8 Å². The SMILES string of the molecule is COCCNCCc1nnc(-c2cscn2)s1. The van der Waals surface area contributed by atoms with Crippen LogP contribution in [0.3, 0.4) is 0 Å². The molecule has 0 bridgehead atoms. The molecule has 0 saturated carbocycles. The van der Waals surface area contributed by atoms with E-state index in [1.807, 2.05) is 10.9 Å². The topological polar surface area (TPSA) is 59.9 Å². The number of thiazole rings is 1. The molecule has 17 heavy (non-hydrogen) atoms. The molecule has 2 aromatic heterocycles. The number of hydrogen-bond acceptors (Lipinski definition) is 7. The van der Waals surface area contributed by atoms with Crippen molar-refractivity contribution in [1.82, 2.24) is 20.5 Å². The van der Waals surface area contributed by atoms with E-state index < -0.39 is 0 Å². The first-order valence-electron chi connectivity index (χ1n) is 5.30. The van der Waals surface area contributed by atoms with Gasteiger partial charge in [-0.2, -0.15) is 0 Å². The van der Waals surface area contributed by atoms with E-state index in [4.69, 9.17) is 4.74 Å². The van der Waals surface area contributed by atoms with Crippen LogP contribution in [0.2, 0.25) is 0 Å². The van der Waals surface area contributed by atoms with Crippen LogP contribution in [0.4, 0.5) is 0 Å². The number of rotatable bonds is 7. The Morgan fingerprint density at radius 1 is 1.35 bits per heavy atom. The highest BCUT2D eigenvalue weighted by molar-refractivity contribution is 7.15. The standard InChI is InChI=1S/C10H14N4OS2/c1-15-5-4-11-3-2-9-13-14-10(17-9)8-6-16-7-12-8/h6-7,11H,2-5H2,1H3. The fourth-order valence-electron chi connectivity index (χ4n) is 1.27. The number of nitrogens with one attached hydrogen (secondary N) is 1. The molecular weight excluding hydrogens is 256 g/mol. The normalized spacial score (nSPS) is 10.9. The Morgan fingerprint density at radius 2 is 2.29 bits per heavy atom. The summed E-state index contributed by atoms with van der Waals surface area (Å²) < 4.78 is 4.95. The zero-order valence-corrected chi connectivity index (χ0v) is 11.2. The van der Waals surface area contributed by atoms with Crippen molar-refractivity contribution in [3.63, 3.8) is 0 Å². The average molecular weight is 270 g/mol. The van der Waals surface area contributed by atoms with Crippen molar-refractivity contribution in [3.8, 4) is 10.7 Å². The van der Waals surface area contributed by atoms with Gasteiger partial charge < -0.3 is 10.1 Å². The van der Waals surface area contributed by atoms with Crippen molar-refractivity contribution < 1.29 is 4.74 Å². The molecule has 0 fully saturated rings. The minimum absolute atomic E-state index is 0.736. The fourth-order valence-corrected chi connectivity index (χ4v) is 2.69. The molecule has 2 heterocycles. The molecule has 0 saturated heterocycles. The third-order valence-corrected chi connectivity index (χ3v) is 3.71. The first kappa shape index (κ1) is 12.6. The van der Waals surface area contributed by atoms with Gasteiger partial charge in [-0.1, -0.05) is 11.3 Å². The number of ether oxygens (including phenoxy) is 1. The predicted octanol–water partition coefficient (Wildman–Crippen LogP) is 1.44. The molecule has 92 valence electrons. The summed E-state index contributed by atoms with van der Waals surface area (Å²) in [5.41, 5.74) is 2.73. The maximum atomic E-state index is 4.95. The summed E-state index contributed by atoms with van der Waals surface area (Å²) >= 11 is 3.18. The molecule has 0 radical (unpaired) electrons. The first-order chi connectivity index (χ1) is 8.40. The van der Waals surface area contributed by atoms with Gasteiger partial charge >= 0.3 is 0 Å². The van der Waals surface area contributed by atoms with Crippen molar-refractivity contribution in [3.05, 3.63) is 15.9 Å². The Kier molecular flexibility index (Phi) is 4.99. The average Bonchev–Trinajstić information content (AvgIpc) is 2.99. The predicted molar refractivity (Wildman–Crippen MR) is 69.5 cm³/mol. The maximum Gasteiger partial charge on any atom is 0.167 e. The summed E-state index contributed by atoms with van der Waals surface area (Å²) in [7, 11) is 1.70. The number of aromatic nitrogens is 3. The van der Waals surface area contributed by atoms with Crippen LogP contribution < -0.4 is 5.32 Å². The van der Waals surface area contributed by atoms with Gasteiger partial charge in [-0.05, 0) is 0 Å². The summed E-state index contributed by atoms with van der Waals surface area (Å²) in [6.45, 7) is 2.50. The third kappa shape index (κ3) is 3.81. The van der Waals surface area contributed by atoms with Gasteiger partial charge in [-0.15, -0.1) is 21.5 Å². The summed E-state index contributed by atoms with van der Waals surface area (Å²) in [4.78, 5) is 4.21. The Hall–Kier alpha value is -0.890. The number of nitrogens with zero attached hydrogens (tertiary/aromatic N) is 3. The Balaban J connectivity index is 1.79. The maximum absolute atomic E-state index is 4.95. The fraction of sp³-hybridized carbons (Fsp3) is 0.500. The molecule has 0 atom stereocenters. The summed E-state index contributed by atoms with van der Waals surface area (Å²) in [5.74, 6) is 0. The lowest BCUT2D eigenvalue weighted by atomic mass is 10.4. The lowest BCUT2D eigenvalue weighted by Gasteiger charge is -2.00. The molecule has 0 spiro atoms. The van der Waals surface area contributed by atoms with Crippen LogP contribution in [0.5, 0.6) is 0 Å². The van der Waals surface area contributed by atoms with Crippen LogP contribution in [0.15, 0.2) is 10.9 Å². The van der Waals surface area contributed by atoms with Gasteiger partial charge in [0.05, 0.1) is 12.1 Å². The van der Waals surface area contributed by atoms with Crippen LogP contribution >= 0.6 is 22.7 Å². The zero-order valence-electron chi connectivity index (χ0n) is 9.55. The van der Waals surface area contributed by atoms with E-state index in [0.717, 1.165) is 41.8 Å². The highest BCUT2D eigenvalue weighted by Gasteiger charge is 2.07. The molecule has 2 aromatic rings. The van der Waals surface area contributed by atoms with E-state index in [1.54, 1.807) is 29.8 Å². The molecule has 0 aliphatic carbocycles. The number of methoxy groups -OCH3 is 1. The summed E-state index contributed by atoms with van der Waals surface area (Å²) in [5, 5.41) is 15.5. The van der Waals surface area contributed by atoms with Gasteiger partial charge in [0.25, 0.3) is 0 Å². The zero-order chi connectivity index (χ0) is 11.9. The first-order valence-corrected chi connectivity index (χ1v) is 7.06. The van der Waals surface area contributed by atoms with Gasteiger partial charge in [-0.25, -0.2) is 4.98 Å². The highest BCUT2D eigenvalue weighted by atomic mass is 32.1. The Bertz CT molecular complexity index is 429. The molecule has 0 amide bonds. The minimum atomic E-state index is 0.736. The van der Waals surface area contributed by atoms with Crippen molar-refractivity contribution in [2.45, 2.75) is 6.42 Å². The van der Waals surface area contributed by atoms with E-state index in [0.29, 0.717) is 0 Å². The van der Waals surface area contributed by atoms with Gasteiger partial charge in [0.15, 0.2) is 5.01 Å². The summed E-state index contributed by atoms with van der Waals surface area (Å²) in [6, 6.07) is 0. The summed E-state index contributed by atoms with van der Waals surface area (Å²) in [6.07, 6.45) is 0.894. The van der Waals surface area contributed by atoms with E-state index in [9.17, 15) is 0 Å². The lowest BCUT2D eigenvalue weighted by molar-refractivity contribution is 0.199. The van der Waals surface area contributed by atoms with E-state index in [1.165, 1.54) is 0 Å². The quantitative estimate of drug-likeness (QED) is 0.771. The lowest BCUT2D eigenvalue weighted by Crippen LogP contribution is -2.21. The van der Waals surface area contributed by atoms with Crippen molar-refractivity contribution >= 4 is 22.7 Å². The monoisotopic (exact) mass is 270 g/mol. The largest absolute Gasteiger partial charge is 0.383 e. The molecule has 0 aromatic carbocycles. The second-order valence-electron chi connectivity index (χ2n) is 3.37. The molecule has 5 nitrogen and oxygen atoms in total. The van der Waals surface area contributed by atoms with Gasteiger partial charge in [0.2, 0.25) is 0 Å². The molecule has 7 heteroatoms. The van der Waals surface area contributed by atoms with Crippen molar-refractivity contribution in [1.29, 1.82) is 0 Å². The van der Waals surface area contributed by atoms with Gasteiger partial charge in [0, 0.05) is 32.0 Å². The van der Waals surface area contributed by atoms with Crippen LogP contribution in [0.1, 0.15) is 5.01 Å². The van der Waals surface area contributed by atoms with Gasteiger partial charge in [0.1, 0.15) is 10.7 Å². The molecule has 1 N–H and O–H groups in total. The Labute approximate surface area is 108 Å². The van der Waals surface area contributed by atoms with E-state index in [-0.39, 0.29) is 0 Å². The molecule has 2 rings (SSSR count). The second-order valence-corrected chi connectivity index (χ2v) is 5.15. The van der Waals surface area contributed by atoms with Crippen LogP contribution in [-0.4, -0.2) is 42.0 Å². The smallest absolute Gasteiger partial charge is 0.167 e. The van der Waals surface area contributed by atoms with Crippen LogP contribution in [-0.2, 0) is 11.2 Å². The molecular formula is C10H14N4OS2.